The van der Waals surface area contributed by atoms with E-state index < -0.39 is 16.9 Å². The van der Waals surface area contributed by atoms with Crippen LogP contribution in [0.15, 0.2) is 63.5 Å². The fourth-order valence-electron chi connectivity index (χ4n) is 4.90. The van der Waals surface area contributed by atoms with Crippen molar-refractivity contribution in [2.75, 3.05) is 44.9 Å². The van der Waals surface area contributed by atoms with Gasteiger partial charge in [0, 0.05) is 36.5 Å². The number of rotatable bonds is 7. The summed E-state index contributed by atoms with van der Waals surface area (Å²) in [6, 6.07) is 11.0. The molecule has 0 spiro atoms. The van der Waals surface area contributed by atoms with Gasteiger partial charge in [-0.15, -0.1) is 0 Å². The molecule has 0 N–H and O–H groups in total. The number of fused-ring (bicyclic) bond motifs is 1. The van der Waals surface area contributed by atoms with Crippen LogP contribution in [-0.2, 0) is 14.3 Å². The lowest BCUT2D eigenvalue weighted by molar-refractivity contribution is -0.384. The third-order valence-electron chi connectivity index (χ3n) is 6.81. The van der Waals surface area contributed by atoms with Crippen LogP contribution in [-0.4, -0.2) is 55.5 Å². The summed E-state index contributed by atoms with van der Waals surface area (Å²) in [5.74, 6) is 0.0861. The minimum atomic E-state index is -0.771. The summed E-state index contributed by atoms with van der Waals surface area (Å²) in [4.78, 5) is 45.3. The number of morpholine rings is 1. The maximum Gasteiger partial charge on any atom is 0.338 e. The van der Waals surface area contributed by atoms with Crippen molar-refractivity contribution in [3.63, 3.8) is 0 Å². The molecule has 0 unspecified atom stereocenters. The first-order chi connectivity index (χ1) is 19.3. The number of hydrogen-bond acceptors (Lipinski definition) is 10. The van der Waals surface area contributed by atoms with Crippen molar-refractivity contribution in [2.45, 2.75) is 19.9 Å². The number of allylic oxidation sites excluding steroid dienone is 1. The number of nitro groups is 1. The van der Waals surface area contributed by atoms with Gasteiger partial charge in [0.2, 0.25) is 0 Å². The minimum Gasteiger partial charge on any atom is -0.497 e. The number of esters is 1. The van der Waals surface area contributed by atoms with Crippen LogP contribution < -0.4 is 24.5 Å². The largest absolute Gasteiger partial charge is 0.497 e. The molecule has 12 heteroatoms. The average molecular weight is 565 g/mol. The number of anilines is 1. The molecule has 40 heavy (non-hydrogen) atoms. The van der Waals surface area contributed by atoms with Gasteiger partial charge in [0.25, 0.3) is 11.2 Å². The first-order valence-electron chi connectivity index (χ1n) is 12.8. The number of thiazole rings is 1. The smallest absolute Gasteiger partial charge is 0.338 e. The molecule has 1 fully saturated rings. The third kappa shape index (κ3) is 5.15. The number of methoxy groups -OCH3 is 1. The molecule has 2 aromatic carbocycles. The van der Waals surface area contributed by atoms with Crippen LogP contribution in [0.1, 0.15) is 31.0 Å². The fourth-order valence-corrected chi connectivity index (χ4v) is 5.94. The molecule has 3 heterocycles. The molecule has 0 saturated carbocycles. The first-order valence-corrected chi connectivity index (χ1v) is 13.6. The highest BCUT2D eigenvalue weighted by molar-refractivity contribution is 7.07. The Bertz CT molecular complexity index is 1670. The Morgan fingerprint density at radius 1 is 1.23 bits per heavy atom. The number of nitrogens with zero attached hydrogens (tertiary/aromatic N) is 4. The zero-order chi connectivity index (χ0) is 28.4. The molecule has 2 aliphatic rings. The Kier molecular flexibility index (Phi) is 7.81. The number of nitro benzene ring substituents is 1. The average Bonchev–Trinajstić information content (AvgIpc) is 3.26. The summed E-state index contributed by atoms with van der Waals surface area (Å²) in [6.07, 6.45) is 1.66. The van der Waals surface area contributed by atoms with Gasteiger partial charge in [-0.1, -0.05) is 23.5 Å². The monoisotopic (exact) mass is 564 g/mol. The molecule has 1 atom stereocenters. The Balaban J connectivity index is 1.70. The molecule has 0 amide bonds. The maximum atomic E-state index is 14.0. The number of carbonyl (C=O) groups excluding carboxylic acids is 1. The van der Waals surface area contributed by atoms with Crippen LogP contribution in [0.25, 0.3) is 6.08 Å². The van der Waals surface area contributed by atoms with Gasteiger partial charge in [0.05, 0.1) is 53.7 Å². The van der Waals surface area contributed by atoms with Gasteiger partial charge in [0.15, 0.2) is 4.80 Å². The highest BCUT2D eigenvalue weighted by Crippen LogP contribution is 2.32. The molecule has 208 valence electrons. The lowest BCUT2D eigenvalue weighted by atomic mass is 9.96. The topological polar surface area (TPSA) is 126 Å². The van der Waals surface area contributed by atoms with Crippen molar-refractivity contribution in [1.29, 1.82) is 0 Å². The van der Waals surface area contributed by atoms with Crippen LogP contribution in [0.5, 0.6) is 5.75 Å². The Morgan fingerprint density at radius 2 is 1.95 bits per heavy atom. The molecule has 0 aliphatic carbocycles. The fraction of sp³-hybridized carbons (Fsp3) is 0.321. The van der Waals surface area contributed by atoms with Gasteiger partial charge in [-0.2, -0.15) is 0 Å². The van der Waals surface area contributed by atoms with Crippen molar-refractivity contribution in [1.82, 2.24) is 4.57 Å². The van der Waals surface area contributed by atoms with Crippen LogP contribution in [0, 0.1) is 10.1 Å². The lowest BCUT2D eigenvalue weighted by Crippen LogP contribution is -2.40. The molecular weight excluding hydrogens is 536 g/mol. The highest BCUT2D eigenvalue weighted by Gasteiger charge is 2.33. The SMILES string of the molecule is CCOC(=O)C1=C(C)N=c2s/c(=C/c3cc([N+](=O)[O-])ccc3N3CCOCC3)c(=O)n2[C@@H]1c1ccc(OC)cc1. The van der Waals surface area contributed by atoms with E-state index in [1.54, 1.807) is 57.4 Å². The van der Waals surface area contributed by atoms with E-state index in [0.29, 0.717) is 58.2 Å². The second-order valence-corrected chi connectivity index (χ2v) is 10.2. The summed E-state index contributed by atoms with van der Waals surface area (Å²) < 4.78 is 17.9. The van der Waals surface area contributed by atoms with Crippen LogP contribution in [0.3, 0.4) is 0 Å². The van der Waals surface area contributed by atoms with E-state index in [4.69, 9.17) is 14.2 Å². The molecule has 1 saturated heterocycles. The summed E-state index contributed by atoms with van der Waals surface area (Å²) in [6.45, 7) is 5.94. The van der Waals surface area contributed by atoms with Crippen molar-refractivity contribution in [3.05, 3.63) is 94.7 Å². The number of non-ortho nitro benzene ring substituents is 1. The van der Waals surface area contributed by atoms with E-state index in [1.807, 2.05) is 0 Å². The van der Waals surface area contributed by atoms with E-state index >= 15 is 0 Å². The van der Waals surface area contributed by atoms with Crippen molar-refractivity contribution >= 4 is 34.8 Å². The molecule has 2 aliphatic heterocycles. The van der Waals surface area contributed by atoms with E-state index in [2.05, 4.69) is 9.89 Å². The van der Waals surface area contributed by atoms with Crippen LogP contribution >= 0.6 is 11.3 Å². The van der Waals surface area contributed by atoms with Gasteiger partial charge in [0.1, 0.15) is 5.75 Å². The van der Waals surface area contributed by atoms with Gasteiger partial charge in [-0.3, -0.25) is 19.5 Å². The predicted octanol–water partition coefficient (Wildman–Crippen LogP) is 2.55. The molecule has 11 nitrogen and oxygen atoms in total. The second-order valence-electron chi connectivity index (χ2n) is 9.18. The molecule has 0 radical (unpaired) electrons. The number of carbonyl (C=O) groups is 1. The number of hydrogen-bond donors (Lipinski definition) is 0. The van der Waals surface area contributed by atoms with E-state index in [1.165, 1.54) is 28.0 Å². The summed E-state index contributed by atoms with van der Waals surface area (Å²) in [7, 11) is 1.56. The first kappa shape index (κ1) is 27.3. The summed E-state index contributed by atoms with van der Waals surface area (Å²) in [5.41, 5.74) is 2.30. The van der Waals surface area contributed by atoms with E-state index in [-0.39, 0.29) is 23.4 Å². The zero-order valence-electron chi connectivity index (χ0n) is 22.3. The van der Waals surface area contributed by atoms with Gasteiger partial charge < -0.3 is 19.1 Å². The quantitative estimate of drug-likeness (QED) is 0.244. The maximum absolute atomic E-state index is 14.0. The second kappa shape index (κ2) is 11.4. The molecule has 1 aromatic heterocycles. The third-order valence-corrected chi connectivity index (χ3v) is 7.79. The summed E-state index contributed by atoms with van der Waals surface area (Å²) in [5, 5.41) is 11.6. The number of ether oxygens (including phenoxy) is 3. The van der Waals surface area contributed by atoms with Crippen molar-refractivity contribution in [2.24, 2.45) is 4.99 Å². The predicted molar refractivity (Wildman–Crippen MR) is 150 cm³/mol. The van der Waals surface area contributed by atoms with Gasteiger partial charge in [-0.05, 0) is 43.7 Å². The lowest BCUT2D eigenvalue weighted by Gasteiger charge is -2.30. The molecular formula is C28H28N4O7S. The van der Waals surface area contributed by atoms with E-state index in [0.717, 1.165) is 5.69 Å². The van der Waals surface area contributed by atoms with E-state index in [9.17, 15) is 19.7 Å². The standard InChI is InChI=1S/C28H28N4O7S/c1-4-39-27(34)24-17(2)29-28-31(25(24)18-5-8-21(37-3)9-6-18)26(33)23(40-28)16-19-15-20(32(35)36)7-10-22(19)30-11-13-38-14-12-30/h5-10,15-16,25H,4,11-14H2,1-3H3/b23-16+/t25-/m1/s1. The van der Waals surface area contributed by atoms with Gasteiger partial charge in [-0.25, -0.2) is 9.79 Å². The molecule has 0 bridgehead atoms. The summed E-state index contributed by atoms with van der Waals surface area (Å²) >= 11 is 1.17. The Morgan fingerprint density at radius 3 is 2.60 bits per heavy atom. The minimum absolute atomic E-state index is 0.0763. The molecule has 5 rings (SSSR count). The van der Waals surface area contributed by atoms with Gasteiger partial charge >= 0.3 is 5.97 Å². The normalized spacial score (nSPS) is 17.3. The van der Waals surface area contributed by atoms with Crippen LogP contribution in [0.4, 0.5) is 11.4 Å². The van der Waals surface area contributed by atoms with Crippen molar-refractivity contribution < 1.29 is 23.9 Å². The number of aromatic nitrogens is 1. The Labute approximate surface area is 233 Å². The highest BCUT2D eigenvalue weighted by atomic mass is 32.1. The molecule has 3 aromatic rings. The Hall–Kier alpha value is -4.29. The number of benzene rings is 2. The zero-order valence-corrected chi connectivity index (χ0v) is 23.1. The van der Waals surface area contributed by atoms with Crippen LogP contribution in [0.2, 0.25) is 0 Å². The van der Waals surface area contributed by atoms with Crippen molar-refractivity contribution in [3.8, 4) is 5.75 Å².